The number of aromatic nitrogens is 1. The Kier molecular flexibility index (Phi) is 4.97. The summed E-state index contributed by atoms with van der Waals surface area (Å²) in [4.78, 5) is 4.09. The van der Waals surface area contributed by atoms with E-state index in [2.05, 4.69) is 33.2 Å². The molecule has 18 heavy (non-hydrogen) atoms. The average Bonchev–Trinajstić information content (AvgIpc) is 2.35. The van der Waals surface area contributed by atoms with Crippen molar-refractivity contribution in [3.63, 3.8) is 0 Å². The number of nitrogens with zero attached hydrogens (tertiary/aromatic N) is 1. The molecule has 0 aromatic carbocycles. The van der Waals surface area contributed by atoms with Crippen LogP contribution in [0.5, 0.6) is 5.75 Å². The molecular formula is C13H19BrN2O2. The molecule has 1 saturated carbocycles. The lowest BCUT2D eigenvalue weighted by atomic mass is 9.85. The predicted octanol–water partition coefficient (Wildman–Crippen LogP) is 2.38. The summed E-state index contributed by atoms with van der Waals surface area (Å²) in [5, 5.41) is 3.41. The highest BCUT2D eigenvalue weighted by Gasteiger charge is 2.43. The number of likely N-dealkylation sites (N-methyl/N-ethyl adjacent to an activating group) is 1. The Morgan fingerprint density at radius 1 is 1.44 bits per heavy atom. The van der Waals surface area contributed by atoms with Crippen molar-refractivity contribution in [3.8, 4) is 5.75 Å². The van der Waals surface area contributed by atoms with Gasteiger partial charge in [0.2, 0.25) is 0 Å². The lowest BCUT2D eigenvalue weighted by Crippen LogP contribution is -2.61. The van der Waals surface area contributed by atoms with Gasteiger partial charge in [-0.25, -0.2) is 0 Å². The van der Waals surface area contributed by atoms with E-state index in [9.17, 15) is 0 Å². The normalized spacial score (nSPS) is 26.7. The number of hydrogen-bond donors (Lipinski definition) is 1. The Balaban J connectivity index is 1.93. The van der Waals surface area contributed by atoms with Crippen LogP contribution in [-0.2, 0) is 4.74 Å². The zero-order chi connectivity index (χ0) is 13.0. The van der Waals surface area contributed by atoms with Crippen molar-refractivity contribution >= 4 is 15.9 Å². The van der Waals surface area contributed by atoms with Gasteiger partial charge in [0.25, 0.3) is 0 Å². The smallest absolute Gasteiger partial charge is 0.139 e. The van der Waals surface area contributed by atoms with Gasteiger partial charge < -0.3 is 14.8 Å². The molecule has 1 N–H and O–H groups in total. The van der Waals surface area contributed by atoms with Crippen molar-refractivity contribution in [1.82, 2.24) is 10.3 Å². The van der Waals surface area contributed by atoms with Crippen LogP contribution in [-0.4, -0.2) is 36.4 Å². The van der Waals surface area contributed by atoms with Gasteiger partial charge in [-0.05, 0) is 35.5 Å². The second-order valence-electron chi connectivity index (χ2n) is 4.31. The molecule has 1 aliphatic rings. The average molecular weight is 315 g/mol. The largest absolute Gasteiger partial charge is 0.486 e. The lowest BCUT2D eigenvalue weighted by molar-refractivity contribution is -0.104. The molecule has 0 saturated heterocycles. The van der Waals surface area contributed by atoms with Gasteiger partial charge in [-0.15, -0.1) is 0 Å². The molecule has 1 heterocycles. The molecule has 1 fully saturated rings. The molecule has 0 amide bonds. The van der Waals surface area contributed by atoms with Crippen molar-refractivity contribution < 1.29 is 9.47 Å². The summed E-state index contributed by atoms with van der Waals surface area (Å²) in [5.74, 6) is 0.786. The first-order valence-corrected chi connectivity index (χ1v) is 7.16. The number of nitrogens with one attached hydrogen (secondary N) is 1. The molecule has 100 valence electrons. The van der Waals surface area contributed by atoms with E-state index in [-0.39, 0.29) is 12.2 Å². The topological polar surface area (TPSA) is 43.4 Å². The highest BCUT2D eigenvalue weighted by molar-refractivity contribution is 9.10. The van der Waals surface area contributed by atoms with Gasteiger partial charge in [0.1, 0.15) is 18.0 Å². The minimum absolute atomic E-state index is 0.116. The summed E-state index contributed by atoms with van der Waals surface area (Å²) < 4.78 is 12.6. The van der Waals surface area contributed by atoms with Crippen molar-refractivity contribution in [2.45, 2.75) is 38.5 Å². The fraction of sp³-hybridized carbons (Fsp3) is 0.615. The molecule has 0 aliphatic heterocycles. The molecule has 2 rings (SSSR count). The van der Waals surface area contributed by atoms with E-state index in [0.717, 1.165) is 23.2 Å². The third-order valence-electron chi connectivity index (χ3n) is 3.04. The van der Waals surface area contributed by atoms with E-state index < -0.39 is 0 Å². The Bertz CT molecular complexity index is 389. The summed E-state index contributed by atoms with van der Waals surface area (Å²) in [6.45, 7) is 5.79. The molecule has 1 aromatic rings. The monoisotopic (exact) mass is 314 g/mol. The van der Waals surface area contributed by atoms with Crippen LogP contribution in [0.3, 0.4) is 0 Å². The van der Waals surface area contributed by atoms with Crippen LogP contribution in [0.4, 0.5) is 0 Å². The fourth-order valence-corrected chi connectivity index (χ4v) is 2.55. The van der Waals surface area contributed by atoms with Gasteiger partial charge in [0.15, 0.2) is 0 Å². The van der Waals surface area contributed by atoms with Gasteiger partial charge in [-0.2, -0.15) is 0 Å². The Labute approximate surface area is 116 Å². The quantitative estimate of drug-likeness (QED) is 0.875. The van der Waals surface area contributed by atoms with E-state index in [1.165, 1.54) is 0 Å². The Hall–Kier alpha value is -0.650. The van der Waals surface area contributed by atoms with Crippen LogP contribution in [0, 0.1) is 0 Å². The van der Waals surface area contributed by atoms with Crippen LogP contribution < -0.4 is 10.1 Å². The zero-order valence-electron chi connectivity index (χ0n) is 10.7. The van der Waals surface area contributed by atoms with Crippen LogP contribution in [0.2, 0.25) is 0 Å². The molecule has 3 atom stereocenters. The van der Waals surface area contributed by atoms with E-state index in [4.69, 9.17) is 9.47 Å². The van der Waals surface area contributed by atoms with Gasteiger partial charge in [0.05, 0.1) is 6.20 Å². The van der Waals surface area contributed by atoms with Gasteiger partial charge in [-0.1, -0.05) is 6.92 Å². The van der Waals surface area contributed by atoms with E-state index in [1.54, 1.807) is 12.4 Å². The lowest BCUT2D eigenvalue weighted by Gasteiger charge is -2.44. The second kappa shape index (κ2) is 6.50. The standard InChI is InChI=1S/C13H19BrN2O2/c1-3-16-11-6-12(13(11)17-4-2)18-10-5-9(14)7-15-8-10/h5,7-8,11-13,16H,3-4,6H2,1-2H3. The predicted molar refractivity (Wildman–Crippen MR) is 73.8 cm³/mol. The van der Waals surface area contributed by atoms with Gasteiger partial charge in [0, 0.05) is 29.7 Å². The Morgan fingerprint density at radius 3 is 2.94 bits per heavy atom. The van der Waals surface area contributed by atoms with Crippen molar-refractivity contribution in [2.75, 3.05) is 13.2 Å². The van der Waals surface area contributed by atoms with E-state index in [1.807, 2.05) is 13.0 Å². The molecule has 5 heteroatoms. The maximum absolute atomic E-state index is 5.92. The first-order chi connectivity index (χ1) is 8.74. The molecule has 0 bridgehead atoms. The number of ether oxygens (including phenoxy) is 2. The molecule has 4 nitrogen and oxygen atoms in total. The Morgan fingerprint density at radius 2 is 2.28 bits per heavy atom. The number of halogens is 1. The van der Waals surface area contributed by atoms with Crippen LogP contribution in [0.1, 0.15) is 20.3 Å². The van der Waals surface area contributed by atoms with Gasteiger partial charge in [-0.3, -0.25) is 4.98 Å². The number of hydrogen-bond acceptors (Lipinski definition) is 4. The van der Waals surface area contributed by atoms with Crippen LogP contribution in [0.15, 0.2) is 22.9 Å². The maximum Gasteiger partial charge on any atom is 0.139 e. The van der Waals surface area contributed by atoms with Gasteiger partial charge >= 0.3 is 0 Å². The van der Waals surface area contributed by atoms with E-state index >= 15 is 0 Å². The van der Waals surface area contributed by atoms with Crippen LogP contribution in [0.25, 0.3) is 0 Å². The maximum atomic E-state index is 5.92. The van der Waals surface area contributed by atoms with Crippen LogP contribution >= 0.6 is 15.9 Å². The molecule has 1 aromatic heterocycles. The summed E-state index contributed by atoms with van der Waals surface area (Å²) in [7, 11) is 0. The third kappa shape index (κ3) is 3.22. The van der Waals surface area contributed by atoms with E-state index in [0.29, 0.717) is 12.6 Å². The fourth-order valence-electron chi connectivity index (χ4n) is 2.21. The molecule has 0 radical (unpaired) electrons. The highest BCUT2D eigenvalue weighted by atomic mass is 79.9. The summed E-state index contributed by atoms with van der Waals surface area (Å²) in [6.07, 6.45) is 4.70. The summed E-state index contributed by atoms with van der Waals surface area (Å²) in [6, 6.07) is 2.33. The summed E-state index contributed by atoms with van der Waals surface area (Å²) >= 11 is 3.39. The number of pyridine rings is 1. The minimum Gasteiger partial charge on any atom is -0.486 e. The zero-order valence-corrected chi connectivity index (χ0v) is 12.3. The van der Waals surface area contributed by atoms with Crippen molar-refractivity contribution in [3.05, 3.63) is 22.9 Å². The molecule has 1 aliphatic carbocycles. The second-order valence-corrected chi connectivity index (χ2v) is 5.23. The molecule has 3 unspecified atom stereocenters. The first-order valence-electron chi connectivity index (χ1n) is 6.36. The van der Waals surface area contributed by atoms with Crippen molar-refractivity contribution in [2.24, 2.45) is 0 Å². The third-order valence-corrected chi connectivity index (χ3v) is 3.48. The van der Waals surface area contributed by atoms with Crippen molar-refractivity contribution in [1.29, 1.82) is 0 Å². The molecular weight excluding hydrogens is 296 g/mol. The summed E-state index contributed by atoms with van der Waals surface area (Å²) in [5.41, 5.74) is 0. The highest BCUT2D eigenvalue weighted by Crippen LogP contribution is 2.29. The first kappa shape index (κ1) is 13.8. The SMILES string of the molecule is CCNC1CC(Oc2cncc(Br)c2)C1OCC. The molecule has 0 spiro atoms. The minimum atomic E-state index is 0.116. The number of rotatable bonds is 6.